The van der Waals surface area contributed by atoms with Crippen molar-refractivity contribution in [1.82, 2.24) is 14.8 Å². The van der Waals surface area contributed by atoms with Crippen molar-refractivity contribution in [1.29, 1.82) is 0 Å². The lowest BCUT2D eigenvalue weighted by atomic mass is 9.46. The normalized spacial score (nSPS) is 39.9. The number of aliphatic carboxylic acids is 1. The van der Waals surface area contributed by atoms with Crippen molar-refractivity contribution >= 4 is 5.97 Å². The molecular formula is C15H21N3O2. The maximum Gasteiger partial charge on any atom is 0.308 e. The molecule has 4 saturated carbocycles. The molecule has 4 bridgehead atoms. The van der Waals surface area contributed by atoms with Crippen LogP contribution >= 0.6 is 0 Å². The van der Waals surface area contributed by atoms with E-state index in [1.54, 1.807) is 11.0 Å². The van der Waals surface area contributed by atoms with Crippen molar-refractivity contribution in [3.63, 3.8) is 0 Å². The van der Waals surface area contributed by atoms with Crippen LogP contribution in [0.15, 0.2) is 12.7 Å². The van der Waals surface area contributed by atoms with Gasteiger partial charge in [0.2, 0.25) is 0 Å². The lowest BCUT2D eigenvalue weighted by molar-refractivity contribution is -0.159. The van der Waals surface area contributed by atoms with Crippen LogP contribution in [-0.4, -0.2) is 25.8 Å². The van der Waals surface area contributed by atoms with Crippen LogP contribution in [-0.2, 0) is 11.3 Å². The Bertz CT molecular complexity index is 476. The fraction of sp³-hybridized carbons (Fsp3) is 0.800. The molecule has 0 spiro atoms. The van der Waals surface area contributed by atoms with Crippen LogP contribution in [0.5, 0.6) is 0 Å². The van der Waals surface area contributed by atoms with Gasteiger partial charge in [0.15, 0.2) is 0 Å². The summed E-state index contributed by atoms with van der Waals surface area (Å²) in [6, 6.07) is 0. The predicted octanol–water partition coefficient (Wildman–Crippen LogP) is 2.20. The Balaban J connectivity index is 1.64. The fourth-order valence-electron chi connectivity index (χ4n) is 5.65. The molecule has 4 fully saturated rings. The molecule has 1 heterocycles. The molecule has 0 saturated heterocycles. The van der Waals surface area contributed by atoms with Gasteiger partial charge in [0.1, 0.15) is 12.7 Å². The molecule has 1 aromatic heterocycles. The second-order valence-corrected chi connectivity index (χ2v) is 7.29. The Morgan fingerprint density at radius 2 is 1.85 bits per heavy atom. The van der Waals surface area contributed by atoms with E-state index < -0.39 is 5.97 Å². The molecule has 1 unspecified atom stereocenters. The quantitative estimate of drug-likeness (QED) is 0.914. The second-order valence-electron chi connectivity index (χ2n) is 7.29. The van der Waals surface area contributed by atoms with Crippen LogP contribution in [0.1, 0.15) is 38.5 Å². The van der Waals surface area contributed by atoms with Gasteiger partial charge in [-0.3, -0.25) is 9.48 Å². The molecule has 1 atom stereocenters. The number of aromatic nitrogens is 3. The molecule has 0 amide bonds. The van der Waals surface area contributed by atoms with Crippen LogP contribution < -0.4 is 0 Å². The number of carboxylic acids is 1. The summed E-state index contributed by atoms with van der Waals surface area (Å²) in [5.74, 6) is 1.37. The molecule has 20 heavy (non-hydrogen) atoms. The van der Waals surface area contributed by atoms with Crippen molar-refractivity contribution in [2.24, 2.45) is 29.1 Å². The van der Waals surface area contributed by atoms with Crippen LogP contribution in [0.2, 0.25) is 0 Å². The average molecular weight is 275 g/mol. The van der Waals surface area contributed by atoms with Crippen molar-refractivity contribution in [2.75, 3.05) is 0 Å². The van der Waals surface area contributed by atoms with Gasteiger partial charge in [-0.2, -0.15) is 5.10 Å². The maximum atomic E-state index is 11.9. The number of nitrogens with zero attached hydrogens (tertiary/aromatic N) is 3. The molecule has 0 aromatic carbocycles. The number of carbonyl (C=O) groups is 1. The molecule has 1 N–H and O–H groups in total. The minimum Gasteiger partial charge on any atom is -0.481 e. The van der Waals surface area contributed by atoms with Crippen LogP contribution in [0.4, 0.5) is 0 Å². The molecule has 4 aliphatic rings. The monoisotopic (exact) mass is 275 g/mol. The minimum absolute atomic E-state index is 0.0204. The highest BCUT2D eigenvalue weighted by atomic mass is 16.4. The summed E-state index contributed by atoms with van der Waals surface area (Å²) in [5.41, 5.74) is 0.0204. The average Bonchev–Trinajstić information content (AvgIpc) is 2.86. The fourth-order valence-corrected chi connectivity index (χ4v) is 5.65. The van der Waals surface area contributed by atoms with Gasteiger partial charge in [-0.25, -0.2) is 4.98 Å². The highest BCUT2D eigenvalue weighted by molar-refractivity contribution is 5.71. The zero-order chi connectivity index (χ0) is 13.7. The van der Waals surface area contributed by atoms with Crippen molar-refractivity contribution in [3.8, 4) is 0 Å². The van der Waals surface area contributed by atoms with Gasteiger partial charge < -0.3 is 5.11 Å². The molecule has 0 radical (unpaired) electrons. The molecule has 5 nitrogen and oxygen atoms in total. The summed E-state index contributed by atoms with van der Waals surface area (Å²) in [5, 5.41) is 13.9. The number of hydrogen-bond acceptors (Lipinski definition) is 3. The zero-order valence-corrected chi connectivity index (χ0v) is 11.6. The van der Waals surface area contributed by atoms with Gasteiger partial charge in [0, 0.05) is 0 Å². The molecular weight excluding hydrogens is 254 g/mol. The molecule has 0 aliphatic heterocycles. The molecule has 5 rings (SSSR count). The third-order valence-electron chi connectivity index (χ3n) is 5.96. The van der Waals surface area contributed by atoms with Crippen LogP contribution in [0, 0.1) is 29.1 Å². The number of rotatable bonds is 4. The van der Waals surface area contributed by atoms with E-state index in [1.165, 1.54) is 25.6 Å². The van der Waals surface area contributed by atoms with E-state index in [2.05, 4.69) is 10.1 Å². The lowest BCUT2D eigenvalue weighted by Gasteiger charge is -2.58. The lowest BCUT2D eigenvalue weighted by Crippen LogP contribution is -2.52. The highest BCUT2D eigenvalue weighted by Gasteiger charge is 2.56. The topological polar surface area (TPSA) is 68.0 Å². The Kier molecular flexibility index (Phi) is 2.66. The Hall–Kier alpha value is -1.39. The maximum absolute atomic E-state index is 11.9. The van der Waals surface area contributed by atoms with Crippen molar-refractivity contribution < 1.29 is 9.90 Å². The minimum atomic E-state index is -0.651. The van der Waals surface area contributed by atoms with E-state index in [1.807, 2.05) is 0 Å². The molecule has 108 valence electrons. The van der Waals surface area contributed by atoms with Crippen molar-refractivity contribution in [2.45, 2.75) is 45.1 Å². The first-order chi connectivity index (χ1) is 9.64. The van der Waals surface area contributed by atoms with Gasteiger partial charge in [0.05, 0.1) is 12.5 Å². The number of carboxylic acid groups (broad SMARTS) is 1. The van der Waals surface area contributed by atoms with Gasteiger partial charge >= 0.3 is 5.97 Å². The Morgan fingerprint density at radius 3 is 2.30 bits per heavy atom. The van der Waals surface area contributed by atoms with Gasteiger partial charge in [0.25, 0.3) is 0 Å². The summed E-state index contributed by atoms with van der Waals surface area (Å²) >= 11 is 0. The van der Waals surface area contributed by atoms with Crippen LogP contribution in [0.25, 0.3) is 0 Å². The molecule has 4 aliphatic carbocycles. The Labute approximate surface area is 118 Å². The summed E-state index contributed by atoms with van der Waals surface area (Å²) in [6.07, 6.45) is 10.5. The van der Waals surface area contributed by atoms with Gasteiger partial charge in [-0.1, -0.05) is 0 Å². The summed E-state index contributed by atoms with van der Waals surface area (Å²) in [7, 11) is 0. The van der Waals surface area contributed by atoms with E-state index in [9.17, 15) is 9.90 Å². The third kappa shape index (κ3) is 1.86. The largest absolute Gasteiger partial charge is 0.481 e. The van der Waals surface area contributed by atoms with Crippen LogP contribution in [0.3, 0.4) is 0 Å². The van der Waals surface area contributed by atoms with E-state index in [0.29, 0.717) is 6.54 Å². The smallest absolute Gasteiger partial charge is 0.308 e. The predicted molar refractivity (Wildman–Crippen MR) is 71.8 cm³/mol. The molecule has 5 heteroatoms. The van der Waals surface area contributed by atoms with Crippen molar-refractivity contribution in [3.05, 3.63) is 12.7 Å². The Morgan fingerprint density at radius 1 is 1.25 bits per heavy atom. The molecule has 1 aromatic rings. The highest BCUT2D eigenvalue weighted by Crippen LogP contribution is 2.62. The van der Waals surface area contributed by atoms with E-state index >= 15 is 0 Å². The first-order valence-electron chi connectivity index (χ1n) is 7.70. The standard InChI is InChI=1S/C15H21N3O2/c19-14(20)13(7-18-9-16-8-17-18)15-4-10-1-11(5-15)3-12(2-10)6-15/h8-13H,1-7H2,(H,19,20). The van der Waals surface area contributed by atoms with Gasteiger partial charge in [-0.15, -0.1) is 0 Å². The number of hydrogen-bond donors (Lipinski definition) is 1. The summed E-state index contributed by atoms with van der Waals surface area (Å²) in [6.45, 7) is 0.474. The zero-order valence-electron chi connectivity index (χ0n) is 11.6. The van der Waals surface area contributed by atoms with E-state index in [0.717, 1.165) is 37.0 Å². The first-order valence-corrected chi connectivity index (χ1v) is 7.70. The van der Waals surface area contributed by atoms with Gasteiger partial charge in [-0.05, 0) is 61.7 Å². The first kappa shape index (κ1) is 12.4. The third-order valence-corrected chi connectivity index (χ3v) is 5.96. The SMILES string of the molecule is O=C(O)C(Cn1cncn1)C12CC3CC(CC(C3)C1)C2. The van der Waals surface area contributed by atoms with E-state index in [4.69, 9.17) is 0 Å². The summed E-state index contributed by atoms with van der Waals surface area (Å²) < 4.78 is 1.69. The van der Waals surface area contributed by atoms with E-state index in [-0.39, 0.29) is 11.3 Å². The summed E-state index contributed by atoms with van der Waals surface area (Å²) in [4.78, 5) is 15.8. The second kappa shape index (κ2) is 4.30.